The lowest BCUT2D eigenvalue weighted by molar-refractivity contribution is -0.148. The fourth-order valence-corrected chi connectivity index (χ4v) is 1.24. The zero-order valence-corrected chi connectivity index (χ0v) is 9.00. The van der Waals surface area contributed by atoms with Crippen molar-refractivity contribution >= 4 is 6.21 Å². The van der Waals surface area contributed by atoms with E-state index in [9.17, 15) is 13.2 Å². The molecule has 0 amide bonds. The van der Waals surface area contributed by atoms with Gasteiger partial charge in [-0.3, -0.25) is 4.99 Å². The number of dihydropyridines is 1. The van der Waals surface area contributed by atoms with Crippen molar-refractivity contribution in [2.75, 3.05) is 6.61 Å². The number of ether oxygens (including phenoxy) is 1. The van der Waals surface area contributed by atoms with Gasteiger partial charge in [0.25, 0.3) is 0 Å². The highest BCUT2D eigenvalue weighted by molar-refractivity contribution is 5.80. The van der Waals surface area contributed by atoms with E-state index >= 15 is 0 Å². The Labute approximate surface area is 92.2 Å². The number of hydrogen-bond acceptors (Lipinski definition) is 3. The molecule has 0 aliphatic carbocycles. The van der Waals surface area contributed by atoms with Gasteiger partial charge in [-0.05, 0) is 12.5 Å². The molecule has 0 saturated heterocycles. The van der Waals surface area contributed by atoms with Crippen molar-refractivity contribution in [1.82, 2.24) is 0 Å². The summed E-state index contributed by atoms with van der Waals surface area (Å²) < 4.78 is 40.5. The summed E-state index contributed by atoms with van der Waals surface area (Å²) in [6, 6.07) is -0.111. The van der Waals surface area contributed by atoms with E-state index in [1.54, 1.807) is 6.21 Å². The van der Waals surface area contributed by atoms with Crippen molar-refractivity contribution in [1.29, 1.82) is 0 Å². The first kappa shape index (κ1) is 13.2. The highest BCUT2D eigenvalue weighted by atomic mass is 19.4. The van der Waals surface area contributed by atoms with Crippen molar-refractivity contribution in [3.8, 4) is 0 Å². The SMILES string of the molecule is CC(N)C1=CCC(OCCC(F)(F)F)N=C1. The minimum Gasteiger partial charge on any atom is -0.356 e. The molecule has 0 fully saturated rings. The second kappa shape index (κ2) is 5.45. The molecule has 0 aromatic carbocycles. The number of aliphatic imine (C=N–C) groups is 1. The van der Waals surface area contributed by atoms with Crippen LogP contribution < -0.4 is 5.73 Å². The molecular formula is C10H15F3N2O. The van der Waals surface area contributed by atoms with Crippen molar-refractivity contribution in [3.05, 3.63) is 11.6 Å². The predicted molar refractivity (Wildman–Crippen MR) is 55.3 cm³/mol. The van der Waals surface area contributed by atoms with Crippen LogP contribution in [0.4, 0.5) is 13.2 Å². The van der Waals surface area contributed by atoms with Gasteiger partial charge >= 0.3 is 6.18 Å². The van der Waals surface area contributed by atoms with Gasteiger partial charge in [0.15, 0.2) is 6.23 Å². The molecule has 92 valence electrons. The topological polar surface area (TPSA) is 47.6 Å². The number of nitrogens with two attached hydrogens (primary N) is 1. The van der Waals surface area contributed by atoms with Crippen LogP contribution in [0.2, 0.25) is 0 Å². The third kappa shape index (κ3) is 4.76. The Hall–Kier alpha value is -0.880. The Morgan fingerprint density at radius 2 is 2.31 bits per heavy atom. The quantitative estimate of drug-likeness (QED) is 0.811. The molecule has 1 aliphatic heterocycles. The van der Waals surface area contributed by atoms with Crippen LogP contribution in [0.15, 0.2) is 16.6 Å². The van der Waals surface area contributed by atoms with Crippen LogP contribution in [0.1, 0.15) is 19.8 Å². The Kier molecular flexibility index (Phi) is 4.49. The van der Waals surface area contributed by atoms with Gasteiger partial charge in [0.05, 0.1) is 13.0 Å². The fourth-order valence-electron chi connectivity index (χ4n) is 1.24. The summed E-state index contributed by atoms with van der Waals surface area (Å²) in [6.45, 7) is 1.47. The number of hydrogen-bond donors (Lipinski definition) is 1. The second-order valence-corrected chi connectivity index (χ2v) is 3.70. The molecule has 3 nitrogen and oxygen atoms in total. The summed E-state index contributed by atoms with van der Waals surface area (Å²) in [5.74, 6) is 0. The van der Waals surface area contributed by atoms with Crippen LogP contribution in [0.25, 0.3) is 0 Å². The van der Waals surface area contributed by atoms with Crippen molar-refractivity contribution < 1.29 is 17.9 Å². The minimum absolute atomic E-state index is 0.111. The molecule has 6 heteroatoms. The van der Waals surface area contributed by atoms with Gasteiger partial charge < -0.3 is 10.5 Å². The molecule has 1 heterocycles. The Bertz CT molecular complexity index is 284. The third-order valence-corrected chi connectivity index (χ3v) is 2.17. The van der Waals surface area contributed by atoms with Crippen LogP contribution in [0.3, 0.4) is 0 Å². The molecular weight excluding hydrogens is 221 g/mol. The monoisotopic (exact) mass is 236 g/mol. The van der Waals surface area contributed by atoms with E-state index in [1.807, 2.05) is 13.0 Å². The number of rotatable bonds is 4. The van der Waals surface area contributed by atoms with Gasteiger partial charge in [-0.25, -0.2) is 0 Å². The second-order valence-electron chi connectivity index (χ2n) is 3.70. The van der Waals surface area contributed by atoms with Gasteiger partial charge in [0.2, 0.25) is 0 Å². The lowest BCUT2D eigenvalue weighted by Gasteiger charge is -2.18. The molecule has 1 rings (SSSR count). The zero-order chi connectivity index (χ0) is 12.2. The molecule has 0 saturated carbocycles. The van der Waals surface area contributed by atoms with Gasteiger partial charge in [0.1, 0.15) is 0 Å². The summed E-state index contributed by atoms with van der Waals surface area (Å²) in [6.07, 6.45) is -1.74. The molecule has 2 unspecified atom stereocenters. The van der Waals surface area contributed by atoms with E-state index in [0.717, 1.165) is 5.57 Å². The summed E-state index contributed by atoms with van der Waals surface area (Å²) >= 11 is 0. The van der Waals surface area contributed by atoms with E-state index in [2.05, 4.69) is 4.99 Å². The largest absolute Gasteiger partial charge is 0.391 e. The van der Waals surface area contributed by atoms with Crippen LogP contribution in [-0.4, -0.2) is 31.3 Å². The molecule has 0 radical (unpaired) electrons. The van der Waals surface area contributed by atoms with Gasteiger partial charge in [0, 0.05) is 18.7 Å². The molecule has 2 N–H and O–H groups in total. The van der Waals surface area contributed by atoms with Crippen LogP contribution in [-0.2, 0) is 4.74 Å². The van der Waals surface area contributed by atoms with E-state index < -0.39 is 18.8 Å². The van der Waals surface area contributed by atoms with Crippen LogP contribution in [0.5, 0.6) is 0 Å². The van der Waals surface area contributed by atoms with E-state index in [1.165, 1.54) is 0 Å². The van der Waals surface area contributed by atoms with E-state index in [0.29, 0.717) is 6.42 Å². The number of nitrogens with zero attached hydrogens (tertiary/aromatic N) is 1. The number of halogens is 3. The molecule has 0 bridgehead atoms. The van der Waals surface area contributed by atoms with Crippen LogP contribution in [0, 0.1) is 0 Å². The summed E-state index contributed by atoms with van der Waals surface area (Å²) in [5.41, 5.74) is 6.51. The van der Waals surface area contributed by atoms with E-state index in [-0.39, 0.29) is 12.6 Å². The first-order valence-electron chi connectivity index (χ1n) is 5.05. The fraction of sp³-hybridized carbons (Fsp3) is 0.700. The number of alkyl halides is 3. The van der Waals surface area contributed by atoms with Gasteiger partial charge in [-0.15, -0.1) is 0 Å². The molecule has 0 spiro atoms. The highest BCUT2D eigenvalue weighted by Crippen LogP contribution is 2.20. The van der Waals surface area contributed by atoms with Crippen molar-refractivity contribution in [2.45, 2.75) is 38.2 Å². The smallest absolute Gasteiger partial charge is 0.356 e. The molecule has 0 aromatic rings. The Morgan fingerprint density at radius 1 is 1.62 bits per heavy atom. The summed E-state index contributed by atoms with van der Waals surface area (Å²) in [7, 11) is 0. The maximum absolute atomic E-state index is 11.8. The molecule has 16 heavy (non-hydrogen) atoms. The average molecular weight is 236 g/mol. The Morgan fingerprint density at radius 3 is 2.75 bits per heavy atom. The maximum atomic E-state index is 11.8. The summed E-state index contributed by atoms with van der Waals surface area (Å²) in [5, 5.41) is 0. The lowest BCUT2D eigenvalue weighted by Crippen LogP contribution is -2.24. The normalized spacial score (nSPS) is 23.1. The predicted octanol–water partition coefficient (Wildman–Crippen LogP) is 2.03. The molecule has 0 aromatic heterocycles. The summed E-state index contributed by atoms with van der Waals surface area (Å²) in [4.78, 5) is 3.99. The average Bonchev–Trinajstić information content (AvgIpc) is 2.16. The first-order chi connectivity index (χ1) is 7.38. The van der Waals surface area contributed by atoms with Gasteiger partial charge in [-0.2, -0.15) is 13.2 Å². The lowest BCUT2D eigenvalue weighted by atomic mass is 10.1. The standard InChI is InChI=1S/C10H15F3N2O/c1-7(14)8-2-3-9(15-6-8)16-5-4-10(11,12)13/h2,6-7,9H,3-5,14H2,1H3. The highest BCUT2D eigenvalue weighted by Gasteiger charge is 2.27. The van der Waals surface area contributed by atoms with E-state index in [4.69, 9.17) is 10.5 Å². The first-order valence-corrected chi connectivity index (χ1v) is 5.05. The van der Waals surface area contributed by atoms with Crippen molar-refractivity contribution in [2.24, 2.45) is 10.7 Å². The molecule has 2 atom stereocenters. The van der Waals surface area contributed by atoms with Crippen LogP contribution >= 0.6 is 0 Å². The third-order valence-electron chi connectivity index (χ3n) is 2.17. The minimum atomic E-state index is -4.18. The maximum Gasteiger partial charge on any atom is 0.391 e. The van der Waals surface area contributed by atoms with Gasteiger partial charge in [-0.1, -0.05) is 6.08 Å². The van der Waals surface area contributed by atoms with Crippen molar-refractivity contribution in [3.63, 3.8) is 0 Å². The Balaban J connectivity index is 2.26. The zero-order valence-electron chi connectivity index (χ0n) is 9.00. The molecule has 1 aliphatic rings.